The van der Waals surface area contributed by atoms with Gasteiger partial charge in [0.15, 0.2) is 5.58 Å². The Labute approximate surface area is 164 Å². The Hall–Kier alpha value is -1.98. The summed E-state index contributed by atoms with van der Waals surface area (Å²) in [7, 11) is -1.10. The average Bonchev–Trinajstić information content (AvgIpc) is 3.08. The van der Waals surface area contributed by atoms with Crippen LogP contribution < -0.4 is 4.72 Å². The van der Waals surface area contributed by atoms with E-state index in [1.807, 2.05) is 57.2 Å². The molecule has 27 heavy (non-hydrogen) atoms. The number of nitrogens with zero attached hydrogens (tertiary/aromatic N) is 1. The molecular weight excluding hydrogens is 356 g/mol. The lowest BCUT2D eigenvalue weighted by Gasteiger charge is -2.24. The van der Waals surface area contributed by atoms with Gasteiger partial charge >= 0.3 is 0 Å². The van der Waals surface area contributed by atoms with Crippen molar-refractivity contribution in [3.05, 3.63) is 54.1 Å². The predicted octanol–water partition coefficient (Wildman–Crippen LogP) is 5.78. The van der Waals surface area contributed by atoms with E-state index in [2.05, 4.69) is 28.8 Å². The van der Waals surface area contributed by atoms with E-state index >= 15 is 0 Å². The number of rotatable bonds is 7. The van der Waals surface area contributed by atoms with Crippen molar-refractivity contribution in [2.75, 3.05) is 0 Å². The van der Waals surface area contributed by atoms with Gasteiger partial charge in [0, 0.05) is 11.6 Å². The van der Waals surface area contributed by atoms with E-state index in [1.165, 1.54) is 0 Å². The summed E-state index contributed by atoms with van der Waals surface area (Å²) in [4.78, 5) is 4.56. The van der Waals surface area contributed by atoms with Crippen LogP contribution in [0, 0.1) is 0 Å². The summed E-state index contributed by atoms with van der Waals surface area (Å²) in [6.45, 7) is 8.14. The molecule has 0 radical (unpaired) electrons. The van der Waals surface area contributed by atoms with Crippen LogP contribution in [0.4, 0.5) is 0 Å². The van der Waals surface area contributed by atoms with Crippen LogP contribution >= 0.6 is 0 Å². The van der Waals surface area contributed by atoms with Crippen molar-refractivity contribution < 1.29 is 8.63 Å². The summed E-state index contributed by atoms with van der Waals surface area (Å²) in [5.41, 5.74) is 3.74. The molecule has 0 amide bonds. The Balaban J connectivity index is 1.82. The smallest absolute Gasteiger partial charge is 0.227 e. The second-order valence-corrected chi connectivity index (χ2v) is 9.80. The second kappa shape index (κ2) is 8.36. The molecule has 3 rings (SSSR count). The third-order valence-corrected chi connectivity index (χ3v) is 6.12. The highest BCUT2D eigenvalue weighted by molar-refractivity contribution is 7.84. The van der Waals surface area contributed by atoms with E-state index in [0.29, 0.717) is 5.89 Å². The highest BCUT2D eigenvalue weighted by Crippen LogP contribution is 2.27. The van der Waals surface area contributed by atoms with Gasteiger partial charge in [0.25, 0.3) is 0 Å². The maximum Gasteiger partial charge on any atom is 0.227 e. The molecular formula is C22H28N2O2S. The van der Waals surface area contributed by atoms with E-state index < -0.39 is 11.0 Å². The number of hydrogen-bond donors (Lipinski definition) is 1. The van der Waals surface area contributed by atoms with Crippen LogP contribution in [0.1, 0.15) is 58.6 Å². The zero-order chi connectivity index (χ0) is 19.4. The first kappa shape index (κ1) is 19.8. The summed E-state index contributed by atoms with van der Waals surface area (Å²) < 4.78 is 21.5. The molecule has 0 bridgehead atoms. The van der Waals surface area contributed by atoms with Crippen LogP contribution in [-0.2, 0) is 11.0 Å². The minimum Gasteiger partial charge on any atom is -0.436 e. The van der Waals surface area contributed by atoms with Crippen molar-refractivity contribution in [2.24, 2.45) is 0 Å². The molecule has 0 aliphatic carbocycles. The van der Waals surface area contributed by atoms with Gasteiger partial charge in [-0.2, -0.15) is 0 Å². The van der Waals surface area contributed by atoms with E-state index in [9.17, 15) is 4.21 Å². The summed E-state index contributed by atoms with van der Waals surface area (Å²) in [6.07, 6.45) is 3.16. The largest absolute Gasteiger partial charge is 0.436 e. The fourth-order valence-electron chi connectivity index (χ4n) is 2.86. The van der Waals surface area contributed by atoms with Crippen LogP contribution in [0.15, 0.2) is 52.9 Å². The molecule has 4 nitrogen and oxygen atoms in total. The van der Waals surface area contributed by atoms with Gasteiger partial charge in [0.05, 0.1) is 15.7 Å². The van der Waals surface area contributed by atoms with Gasteiger partial charge in [-0.25, -0.2) is 13.9 Å². The molecule has 0 saturated carbocycles. The number of fused-ring (bicyclic) bond motifs is 1. The number of aromatic nitrogens is 1. The maximum absolute atomic E-state index is 12.6. The Bertz CT molecular complexity index is 877. The molecule has 0 fully saturated rings. The molecule has 0 spiro atoms. The number of hydrogen-bond acceptors (Lipinski definition) is 3. The first-order valence-corrected chi connectivity index (χ1v) is 10.7. The molecule has 0 saturated heterocycles. The topological polar surface area (TPSA) is 55.1 Å². The van der Waals surface area contributed by atoms with Crippen LogP contribution in [0.5, 0.6) is 0 Å². The van der Waals surface area contributed by atoms with Gasteiger partial charge in [-0.05, 0) is 57.0 Å². The Morgan fingerprint density at radius 3 is 2.44 bits per heavy atom. The molecule has 5 heteroatoms. The van der Waals surface area contributed by atoms with Gasteiger partial charge in [-0.3, -0.25) is 0 Å². The van der Waals surface area contributed by atoms with Crippen molar-refractivity contribution in [1.82, 2.24) is 9.71 Å². The van der Waals surface area contributed by atoms with Gasteiger partial charge in [-0.1, -0.05) is 44.0 Å². The Morgan fingerprint density at radius 2 is 1.81 bits per heavy atom. The number of benzene rings is 2. The summed E-state index contributed by atoms with van der Waals surface area (Å²) in [6, 6.07) is 16.1. The summed E-state index contributed by atoms with van der Waals surface area (Å²) >= 11 is 0. The zero-order valence-electron chi connectivity index (χ0n) is 16.5. The molecule has 144 valence electrons. The first-order valence-electron chi connectivity index (χ1n) is 9.52. The highest BCUT2D eigenvalue weighted by atomic mass is 32.2. The van der Waals surface area contributed by atoms with E-state index in [-0.39, 0.29) is 10.8 Å². The third kappa shape index (κ3) is 4.85. The zero-order valence-corrected chi connectivity index (χ0v) is 17.3. The quantitative estimate of drug-likeness (QED) is 0.562. The van der Waals surface area contributed by atoms with Gasteiger partial charge in [0.2, 0.25) is 5.89 Å². The molecule has 0 unspecified atom stereocenters. The standard InChI is InChI=1S/C22H28N2O2S/c1-5-6-9-18(24-27(25)22(2,3)4)16-12-14-17(15-13-16)21-23-19-10-7-8-11-20(19)26-21/h7-8,10-15,18,24H,5-6,9H2,1-4H3/t18-,27-/m0/s1. The summed E-state index contributed by atoms with van der Waals surface area (Å²) in [5.74, 6) is 0.624. The maximum atomic E-state index is 12.6. The van der Waals surface area contributed by atoms with E-state index in [1.54, 1.807) is 0 Å². The predicted molar refractivity (Wildman–Crippen MR) is 113 cm³/mol. The van der Waals surface area contributed by atoms with E-state index in [0.717, 1.165) is 41.5 Å². The van der Waals surface area contributed by atoms with Crippen molar-refractivity contribution in [3.8, 4) is 11.5 Å². The van der Waals surface area contributed by atoms with Gasteiger partial charge in [0.1, 0.15) is 5.52 Å². The number of para-hydroxylation sites is 2. The van der Waals surface area contributed by atoms with Crippen LogP contribution in [0.3, 0.4) is 0 Å². The highest BCUT2D eigenvalue weighted by Gasteiger charge is 2.23. The van der Waals surface area contributed by atoms with Crippen molar-refractivity contribution in [3.63, 3.8) is 0 Å². The molecule has 3 aromatic rings. The van der Waals surface area contributed by atoms with Crippen LogP contribution in [0.2, 0.25) is 0 Å². The lowest BCUT2D eigenvalue weighted by molar-refractivity contribution is 0.548. The minimum absolute atomic E-state index is 0.0719. The SMILES string of the molecule is CCCC[C@H](N[S@@](=O)C(C)(C)C)c1ccc(-c2nc3ccccc3o2)cc1. The molecule has 1 N–H and O–H groups in total. The molecule has 1 aromatic heterocycles. The van der Waals surface area contributed by atoms with E-state index in [4.69, 9.17) is 4.42 Å². The second-order valence-electron chi connectivity index (χ2n) is 7.80. The molecule has 1 heterocycles. The van der Waals surface area contributed by atoms with Crippen molar-refractivity contribution in [1.29, 1.82) is 0 Å². The number of nitrogens with one attached hydrogen (secondary N) is 1. The monoisotopic (exact) mass is 384 g/mol. The average molecular weight is 385 g/mol. The van der Waals surface area contributed by atoms with Crippen LogP contribution in [0.25, 0.3) is 22.6 Å². The van der Waals surface area contributed by atoms with Gasteiger partial charge < -0.3 is 4.42 Å². The number of unbranched alkanes of at least 4 members (excludes halogenated alkanes) is 1. The van der Waals surface area contributed by atoms with Crippen molar-refractivity contribution >= 4 is 22.1 Å². The summed E-state index contributed by atoms with van der Waals surface area (Å²) in [5, 5.41) is 0. The lowest BCUT2D eigenvalue weighted by Crippen LogP contribution is -2.35. The molecule has 2 aromatic carbocycles. The molecule has 2 atom stereocenters. The normalized spacial score (nSPS) is 14.4. The molecule has 0 aliphatic rings. The van der Waals surface area contributed by atoms with Crippen molar-refractivity contribution in [2.45, 2.75) is 57.7 Å². The Morgan fingerprint density at radius 1 is 1.11 bits per heavy atom. The Kier molecular flexibility index (Phi) is 6.12. The fourth-order valence-corrected chi connectivity index (χ4v) is 3.73. The van der Waals surface area contributed by atoms with Crippen LogP contribution in [-0.4, -0.2) is 13.9 Å². The lowest BCUT2D eigenvalue weighted by atomic mass is 10.0. The third-order valence-electron chi connectivity index (χ3n) is 4.51. The molecule has 0 aliphatic heterocycles. The first-order chi connectivity index (χ1) is 12.9. The number of oxazole rings is 1. The fraction of sp³-hybridized carbons (Fsp3) is 0.409. The minimum atomic E-state index is -1.10. The van der Waals surface area contributed by atoms with Gasteiger partial charge in [-0.15, -0.1) is 0 Å².